The van der Waals surface area contributed by atoms with Gasteiger partial charge in [0.25, 0.3) is 5.91 Å². The lowest BCUT2D eigenvalue weighted by Crippen LogP contribution is -2.25. The number of amides is 1. The number of hydrogen-bond acceptors (Lipinski definition) is 2. The van der Waals surface area contributed by atoms with Crippen molar-refractivity contribution in [3.63, 3.8) is 0 Å². The van der Waals surface area contributed by atoms with Gasteiger partial charge in [-0.05, 0) is 46.5 Å². The van der Waals surface area contributed by atoms with Crippen LogP contribution in [0.5, 0.6) is 0 Å². The third kappa shape index (κ3) is 3.94. The van der Waals surface area contributed by atoms with E-state index >= 15 is 0 Å². The highest BCUT2D eigenvalue weighted by Crippen LogP contribution is 2.18. The van der Waals surface area contributed by atoms with Gasteiger partial charge in [-0.2, -0.15) is 0 Å². The van der Waals surface area contributed by atoms with Crippen molar-refractivity contribution in [2.24, 2.45) is 5.92 Å². The molecule has 0 saturated carbocycles. The standard InChI is InChI=1S/C12H16BrNO2/c1-8(2)7-16-14-12(15)10-5-4-9(3)6-11(10)13/h4-6,8H,7H2,1-3H3,(H,14,15). The van der Waals surface area contributed by atoms with E-state index in [1.54, 1.807) is 6.07 Å². The number of carbonyl (C=O) groups is 1. The van der Waals surface area contributed by atoms with Gasteiger partial charge in [0.2, 0.25) is 0 Å². The lowest BCUT2D eigenvalue weighted by Gasteiger charge is -2.09. The Labute approximate surface area is 104 Å². The molecule has 1 amide bonds. The minimum atomic E-state index is -0.229. The van der Waals surface area contributed by atoms with Gasteiger partial charge in [-0.3, -0.25) is 9.63 Å². The fourth-order valence-electron chi connectivity index (χ4n) is 1.13. The van der Waals surface area contributed by atoms with Crippen LogP contribution in [0.15, 0.2) is 22.7 Å². The van der Waals surface area contributed by atoms with Crippen molar-refractivity contribution in [2.45, 2.75) is 20.8 Å². The van der Waals surface area contributed by atoms with Crippen molar-refractivity contribution < 1.29 is 9.63 Å². The smallest absolute Gasteiger partial charge is 0.273 e. The van der Waals surface area contributed by atoms with Crippen LogP contribution in [0.4, 0.5) is 0 Å². The molecule has 0 aliphatic rings. The molecule has 4 heteroatoms. The second-order valence-corrected chi connectivity index (χ2v) is 4.97. The van der Waals surface area contributed by atoms with Gasteiger partial charge in [-0.1, -0.05) is 19.9 Å². The molecule has 0 unspecified atom stereocenters. The predicted molar refractivity (Wildman–Crippen MR) is 67.1 cm³/mol. The first-order chi connectivity index (χ1) is 7.50. The highest BCUT2D eigenvalue weighted by atomic mass is 79.9. The molecule has 0 atom stereocenters. The van der Waals surface area contributed by atoms with Crippen molar-refractivity contribution in [3.05, 3.63) is 33.8 Å². The Morgan fingerprint density at radius 1 is 1.50 bits per heavy atom. The van der Waals surface area contributed by atoms with Crippen LogP contribution in [0.1, 0.15) is 29.8 Å². The van der Waals surface area contributed by atoms with E-state index in [-0.39, 0.29) is 5.91 Å². The van der Waals surface area contributed by atoms with Gasteiger partial charge in [0.15, 0.2) is 0 Å². The van der Waals surface area contributed by atoms with E-state index in [1.165, 1.54) is 0 Å². The topological polar surface area (TPSA) is 38.3 Å². The number of rotatable bonds is 4. The number of carbonyl (C=O) groups excluding carboxylic acids is 1. The molecular weight excluding hydrogens is 270 g/mol. The zero-order valence-electron chi connectivity index (χ0n) is 9.71. The van der Waals surface area contributed by atoms with Crippen LogP contribution < -0.4 is 5.48 Å². The van der Waals surface area contributed by atoms with E-state index in [0.29, 0.717) is 18.1 Å². The van der Waals surface area contributed by atoms with Crippen molar-refractivity contribution in [2.75, 3.05) is 6.61 Å². The van der Waals surface area contributed by atoms with E-state index < -0.39 is 0 Å². The first-order valence-electron chi connectivity index (χ1n) is 5.19. The number of hydroxylamine groups is 1. The summed E-state index contributed by atoms with van der Waals surface area (Å²) >= 11 is 3.35. The van der Waals surface area contributed by atoms with Crippen molar-refractivity contribution >= 4 is 21.8 Å². The van der Waals surface area contributed by atoms with Gasteiger partial charge in [0.1, 0.15) is 0 Å². The molecule has 0 saturated heterocycles. The summed E-state index contributed by atoms with van der Waals surface area (Å²) in [5, 5.41) is 0. The normalized spacial score (nSPS) is 10.6. The first kappa shape index (κ1) is 13.2. The molecule has 0 bridgehead atoms. The van der Waals surface area contributed by atoms with E-state index in [0.717, 1.165) is 10.0 Å². The SMILES string of the molecule is Cc1ccc(C(=O)NOCC(C)C)c(Br)c1. The second kappa shape index (κ2) is 6.01. The fourth-order valence-corrected chi connectivity index (χ4v) is 1.81. The molecule has 0 aliphatic carbocycles. The van der Waals surface area contributed by atoms with E-state index in [4.69, 9.17) is 4.84 Å². The van der Waals surface area contributed by atoms with E-state index in [1.807, 2.05) is 32.9 Å². The molecule has 1 N–H and O–H groups in total. The largest absolute Gasteiger partial charge is 0.275 e. The van der Waals surface area contributed by atoms with Crippen molar-refractivity contribution in [3.8, 4) is 0 Å². The third-order valence-corrected chi connectivity index (χ3v) is 2.61. The Morgan fingerprint density at radius 2 is 2.19 bits per heavy atom. The summed E-state index contributed by atoms with van der Waals surface area (Å²) in [4.78, 5) is 16.8. The zero-order valence-corrected chi connectivity index (χ0v) is 11.3. The van der Waals surface area contributed by atoms with E-state index in [2.05, 4.69) is 21.4 Å². The van der Waals surface area contributed by atoms with Gasteiger partial charge in [-0.15, -0.1) is 0 Å². The minimum absolute atomic E-state index is 0.229. The van der Waals surface area contributed by atoms with Crippen LogP contribution in [0, 0.1) is 12.8 Å². The molecule has 1 aromatic rings. The highest BCUT2D eigenvalue weighted by Gasteiger charge is 2.09. The summed E-state index contributed by atoms with van der Waals surface area (Å²) in [5.41, 5.74) is 4.10. The molecule has 0 heterocycles. The molecule has 0 fully saturated rings. The summed E-state index contributed by atoms with van der Waals surface area (Å²) in [6.45, 7) is 6.53. The molecule has 0 aromatic heterocycles. The monoisotopic (exact) mass is 285 g/mol. The molecule has 16 heavy (non-hydrogen) atoms. The number of benzene rings is 1. The summed E-state index contributed by atoms with van der Waals surface area (Å²) in [5.74, 6) is 0.161. The Bertz CT molecular complexity index is 377. The van der Waals surface area contributed by atoms with Gasteiger partial charge in [-0.25, -0.2) is 5.48 Å². The van der Waals surface area contributed by atoms with Crippen LogP contribution in [0.3, 0.4) is 0 Å². The number of halogens is 1. The lowest BCUT2D eigenvalue weighted by atomic mass is 10.1. The maximum absolute atomic E-state index is 11.7. The average Bonchev–Trinajstić information content (AvgIpc) is 2.16. The summed E-state index contributed by atoms with van der Waals surface area (Å²) in [7, 11) is 0. The minimum Gasteiger partial charge on any atom is -0.273 e. The maximum Gasteiger partial charge on any atom is 0.275 e. The van der Waals surface area contributed by atoms with Crippen LogP contribution >= 0.6 is 15.9 Å². The molecule has 1 rings (SSSR count). The third-order valence-electron chi connectivity index (χ3n) is 1.95. The van der Waals surface area contributed by atoms with Gasteiger partial charge >= 0.3 is 0 Å². The zero-order chi connectivity index (χ0) is 12.1. The quantitative estimate of drug-likeness (QED) is 0.864. The van der Waals surface area contributed by atoms with Crippen LogP contribution in [-0.2, 0) is 4.84 Å². The fraction of sp³-hybridized carbons (Fsp3) is 0.417. The van der Waals surface area contributed by atoms with Crippen LogP contribution in [0.2, 0.25) is 0 Å². The maximum atomic E-state index is 11.7. The van der Waals surface area contributed by atoms with Crippen LogP contribution in [0.25, 0.3) is 0 Å². The number of aryl methyl sites for hydroxylation is 1. The average molecular weight is 286 g/mol. The molecule has 0 spiro atoms. The molecule has 0 radical (unpaired) electrons. The summed E-state index contributed by atoms with van der Waals surface area (Å²) in [6, 6.07) is 5.56. The van der Waals surface area contributed by atoms with Crippen molar-refractivity contribution in [1.82, 2.24) is 5.48 Å². The van der Waals surface area contributed by atoms with Gasteiger partial charge in [0.05, 0.1) is 12.2 Å². The Hall–Kier alpha value is -0.870. The first-order valence-corrected chi connectivity index (χ1v) is 5.98. The Morgan fingerprint density at radius 3 is 2.75 bits per heavy atom. The lowest BCUT2D eigenvalue weighted by molar-refractivity contribution is 0.0208. The summed E-state index contributed by atoms with van der Waals surface area (Å²) < 4.78 is 0.776. The molecule has 0 aliphatic heterocycles. The Balaban J connectivity index is 2.59. The predicted octanol–water partition coefficient (Wildman–Crippen LogP) is 3.07. The molecule has 3 nitrogen and oxygen atoms in total. The van der Waals surface area contributed by atoms with Crippen LogP contribution in [-0.4, -0.2) is 12.5 Å². The summed E-state index contributed by atoms with van der Waals surface area (Å²) in [6.07, 6.45) is 0. The van der Waals surface area contributed by atoms with E-state index in [9.17, 15) is 4.79 Å². The van der Waals surface area contributed by atoms with Gasteiger partial charge < -0.3 is 0 Å². The molecule has 88 valence electrons. The van der Waals surface area contributed by atoms with Crippen molar-refractivity contribution in [1.29, 1.82) is 0 Å². The highest BCUT2D eigenvalue weighted by molar-refractivity contribution is 9.10. The number of nitrogens with one attached hydrogen (secondary N) is 1. The Kier molecular flexibility index (Phi) is 4.96. The second-order valence-electron chi connectivity index (χ2n) is 4.12. The number of hydrogen-bond donors (Lipinski definition) is 1. The molecular formula is C12H16BrNO2. The van der Waals surface area contributed by atoms with Gasteiger partial charge in [0, 0.05) is 4.47 Å². The molecule has 1 aromatic carbocycles.